The topological polar surface area (TPSA) is 99.8 Å². The Morgan fingerprint density at radius 3 is 2.93 bits per heavy atom. The molecular weight excluding hydrogens is 406 g/mol. The minimum absolute atomic E-state index is 0.296. The van der Waals surface area contributed by atoms with Gasteiger partial charge in [0.05, 0.1) is 26.3 Å². The van der Waals surface area contributed by atoms with Gasteiger partial charge in [-0.05, 0) is 36.9 Å². The van der Waals surface area contributed by atoms with Gasteiger partial charge in [-0.15, -0.1) is 11.3 Å². The van der Waals surface area contributed by atoms with Crippen molar-refractivity contribution in [1.29, 1.82) is 0 Å². The normalized spacial score (nSPS) is 17.8. The van der Waals surface area contributed by atoms with E-state index in [1.807, 2.05) is 23.7 Å². The van der Waals surface area contributed by atoms with Crippen LogP contribution >= 0.6 is 11.3 Å². The van der Waals surface area contributed by atoms with Crippen LogP contribution in [0.1, 0.15) is 12.8 Å². The van der Waals surface area contributed by atoms with Crippen molar-refractivity contribution in [1.82, 2.24) is 20.3 Å². The van der Waals surface area contributed by atoms with Crippen LogP contribution in [0.15, 0.2) is 40.7 Å². The number of anilines is 1. The van der Waals surface area contributed by atoms with Crippen LogP contribution < -0.4 is 10.6 Å². The summed E-state index contributed by atoms with van der Waals surface area (Å²) in [6, 6.07) is 7.62. The van der Waals surface area contributed by atoms with Gasteiger partial charge in [0.15, 0.2) is 9.84 Å². The molecule has 5 rings (SSSR count). The molecule has 1 aliphatic rings. The van der Waals surface area contributed by atoms with Crippen molar-refractivity contribution in [3.8, 4) is 11.3 Å². The highest BCUT2D eigenvalue weighted by Gasteiger charge is 2.20. The Balaban J connectivity index is 1.66. The van der Waals surface area contributed by atoms with Gasteiger partial charge in [0.25, 0.3) is 0 Å². The maximum atomic E-state index is 12.2. The minimum Gasteiger partial charge on any atom is -0.359 e. The molecule has 150 valence electrons. The Morgan fingerprint density at radius 2 is 2.14 bits per heavy atom. The highest BCUT2D eigenvalue weighted by atomic mass is 32.2. The minimum atomic E-state index is -3.34. The predicted octanol–water partition coefficient (Wildman–Crippen LogP) is 3.41. The van der Waals surface area contributed by atoms with Crippen molar-refractivity contribution in [2.45, 2.75) is 23.8 Å². The van der Waals surface area contributed by atoms with Gasteiger partial charge in [-0.25, -0.2) is 18.4 Å². The molecule has 3 N–H and O–H groups in total. The van der Waals surface area contributed by atoms with Gasteiger partial charge in [0.2, 0.25) is 5.95 Å². The molecule has 1 aliphatic heterocycles. The maximum absolute atomic E-state index is 12.2. The van der Waals surface area contributed by atoms with Crippen molar-refractivity contribution in [3.05, 3.63) is 35.8 Å². The number of benzene rings is 1. The summed E-state index contributed by atoms with van der Waals surface area (Å²) in [4.78, 5) is 13.0. The number of aromatic amines is 1. The van der Waals surface area contributed by atoms with E-state index in [-0.39, 0.29) is 0 Å². The van der Waals surface area contributed by atoms with Crippen molar-refractivity contribution in [3.63, 3.8) is 0 Å². The maximum Gasteiger partial charge on any atom is 0.224 e. The predicted molar refractivity (Wildman–Crippen MR) is 117 cm³/mol. The molecule has 1 saturated heterocycles. The lowest BCUT2D eigenvalue weighted by molar-refractivity contribution is 0.478. The van der Waals surface area contributed by atoms with Crippen LogP contribution in [0.5, 0.6) is 0 Å². The third-order valence-electron chi connectivity index (χ3n) is 5.27. The molecule has 0 spiro atoms. The van der Waals surface area contributed by atoms with Crippen molar-refractivity contribution in [2.24, 2.45) is 0 Å². The van der Waals surface area contributed by atoms with Gasteiger partial charge < -0.3 is 15.6 Å². The Labute approximate surface area is 172 Å². The first kappa shape index (κ1) is 18.5. The smallest absolute Gasteiger partial charge is 0.224 e. The fourth-order valence-corrected chi connectivity index (χ4v) is 5.60. The number of nitrogens with zero attached hydrogens (tertiary/aromatic N) is 2. The van der Waals surface area contributed by atoms with Crippen molar-refractivity contribution in [2.75, 3.05) is 24.7 Å². The molecule has 0 bridgehead atoms. The molecule has 0 amide bonds. The fourth-order valence-electron chi connectivity index (χ4n) is 3.90. The van der Waals surface area contributed by atoms with Gasteiger partial charge in [0, 0.05) is 36.0 Å². The molecule has 7 nitrogen and oxygen atoms in total. The molecule has 0 aliphatic carbocycles. The Morgan fingerprint density at radius 1 is 1.24 bits per heavy atom. The van der Waals surface area contributed by atoms with E-state index in [4.69, 9.17) is 9.97 Å². The van der Waals surface area contributed by atoms with E-state index in [9.17, 15) is 8.42 Å². The standard InChI is InChI=1S/C20H21N5O2S2/c1-29(26,27)16-6-2-5-13-14(11-22-17(13)16)18-19-15(7-9-28-19)24-20(25-18)23-12-4-3-8-21-10-12/h2,5-7,9,11-12,21-22H,3-4,8,10H2,1H3,(H,23,24,25)/t12-/m0/s1. The summed E-state index contributed by atoms with van der Waals surface area (Å²) >= 11 is 1.59. The lowest BCUT2D eigenvalue weighted by Crippen LogP contribution is -2.38. The number of hydrogen-bond donors (Lipinski definition) is 3. The van der Waals surface area contributed by atoms with E-state index in [0.717, 1.165) is 52.8 Å². The number of sulfone groups is 1. The van der Waals surface area contributed by atoms with E-state index in [0.29, 0.717) is 22.4 Å². The van der Waals surface area contributed by atoms with Crippen LogP contribution in [-0.4, -0.2) is 48.8 Å². The summed E-state index contributed by atoms with van der Waals surface area (Å²) in [6.45, 7) is 1.94. The van der Waals surface area contributed by atoms with Gasteiger partial charge in [-0.2, -0.15) is 0 Å². The summed E-state index contributed by atoms with van der Waals surface area (Å²) in [5, 5.41) is 9.70. The van der Waals surface area contributed by atoms with Crippen LogP contribution in [0.25, 0.3) is 32.4 Å². The number of thiophene rings is 1. The van der Waals surface area contributed by atoms with Crippen LogP contribution in [-0.2, 0) is 9.84 Å². The van der Waals surface area contributed by atoms with Crippen LogP contribution in [0, 0.1) is 0 Å². The van der Waals surface area contributed by atoms with Crippen LogP contribution in [0.4, 0.5) is 5.95 Å². The molecule has 4 heterocycles. The third-order valence-corrected chi connectivity index (χ3v) is 7.32. The number of H-pyrrole nitrogens is 1. The van der Waals surface area contributed by atoms with E-state index >= 15 is 0 Å². The molecule has 0 radical (unpaired) electrons. The second-order valence-electron chi connectivity index (χ2n) is 7.37. The van der Waals surface area contributed by atoms with E-state index < -0.39 is 9.84 Å². The quantitative estimate of drug-likeness (QED) is 0.462. The summed E-state index contributed by atoms with van der Waals surface area (Å²) in [5.41, 5.74) is 3.19. The average molecular weight is 428 g/mol. The second-order valence-corrected chi connectivity index (χ2v) is 10.3. The largest absolute Gasteiger partial charge is 0.359 e. The average Bonchev–Trinajstić information content (AvgIpc) is 3.34. The molecule has 0 saturated carbocycles. The Kier molecular flexibility index (Phi) is 4.53. The highest BCUT2D eigenvalue weighted by molar-refractivity contribution is 7.91. The molecule has 4 aromatic rings. The monoisotopic (exact) mass is 427 g/mol. The van der Waals surface area contributed by atoms with Gasteiger partial charge >= 0.3 is 0 Å². The lowest BCUT2D eigenvalue weighted by atomic mass is 10.1. The molecule has 1 atom stereocenters. The first-order chi connectivity index (χ1) is 14.0. The highest BCUT2D eigenvalue weighted by Crippen LogP contribution is 2.37. The number of para-hydroxylation sites is 1. The van der Waals surface area contributed by atoms with Gasteiger partial charge in [-0.1, -0.05) is 12.1 Å². The first-order valence-electron chi connectivity index (χ1n) is 9.54. The van der Waals surface area contributed by atoms with E-state index in [1.54, 1.807) is 23.5 Å². The van der Waals surface area contributed by atoms with Crippen molar-refractivity contribution < 1.29 is 8.42 Å². The molecular formula is C20H21N5O2S2. The molecule has 29 heavy (non-hydrogen) atoms. The summed E-state index contributed by atoms with van der Waals surface area (Å²) < 4.78 is 25.3. The van der Waals surface area contributed by atoms with Gasteiger partial charge in [0.1, 0.15) is 0 Å². The van der Waals surface area contributed by atoms with E-state index in [1.165, 1.54) is 6.26 Å². The zero-order valence-electron chi connectivity index (χ0n) is 15.9. The Bertz CT molecular complexity index is 1300. The lowest BCUT2D eigenvalue weighted by Gasteiger charge is -2.23. The van der Waals surface area contributed by atoms with Crippen LogP contribution in [0.2, 0.25) is 0 Å². The zero-order chi connectivity index (χ0) is 20.0. The van der Waals surface area contributed by atoms with Crippen LogP contribution in [0.3, 0.4) is 0 Å². The number of aromatic nitrogens is 3. The zero-order valence-corrected chi connectivity index (χ0v) is 17.5. The number of nitrogens with one attached hydrogen (secondary N) is 3. The van der Waals surface area contributed by atoms with E-state index in [2.05, 4.69) is 15.6 Å². The third kappa shape index (κ3) is 3.39. The first-order valence-corrected chi connectivity index (χ1v) is 12.3. The Hall–Kier alpha value is -2.49. The molecule has 1 fully saturated rings. The second kappa shape index (κ2) is 7.08. The number of piperidine rings is 1. The number of fused-ring (bicyclic) bond motifs is 2. The van der Waals surface area contributed by atoms with Gasteiger partial charge in [-0.3, -0.25) is 0 Å². The summed E-state index contributed by atoms with van der Waals surface area (Å²) in [7, 11) is -3.34. The molecule has 0 unspecified atom stereocenters. The molecule has 9 heteroatoms. The number of hydrogen-bond acceptors (Lipinski definition) is 7. The fraction of sp³-hybridized carbons (Fsp3) is 0.300. The SMILES string of the molecule is CS(=O)(=O)c1cccc2c(-c3nc(N[C@H]4CCCNC4)nc4ccsc34)c[nH]c12. The molecule has 1 aromatic carbocycles. The molecule has 3 aromatic heterocycles. The number of rotatable bonds is 4. The summed E-state index contributed by atoms with van der Waals surface area (Å²) in [6.07, 6.45) is 5.28. The summed E-state index contributed by atoms with van der Waals surface area (Å²) in [5.74, 6) is 0.605. The van der Waals surface area contributed by atoms with Crippen molar-refractivity contribution >= 4 is 48.2 Å².